The third kappa shape index (κ3) is 7.33. The number of hydrogen-bond acceptors (Lipinski definition) is 6. The molecule has 2 aliphatic carbocycles. The van der Waals surface area contributed by atoms with Gasteiger partial charge in [-0.2, -0.15) is 0 Å². The lowest BCUT2D eigenvalue weighted by Gasteiger charge is -2.45. The maximum Gasteiger partial charge on any atom is 0.348 e. The molecule has 4 N–H and O–H groups in total. The number of hydrogen-bond donors (Lipinski definition) is 3. The minimum absolute atomic E-state index is 0.0440. The Morgan fingerprint density at radius 2 is 1.78 bits per heavy atom. The fraction of sp³-hybridized carbons (Fsp3) is 0.679. The van der Waals surface area contributed by atoms with Gasteiger partial charge in [-0.15, -0.1) is 11.3 Å². The Hall–Kier alpha value is -2.37. The average molecular weight is 517 g/mol. The first-order valence-corrected chi connectivity index (χ1v) is 13.8. The molecule has 1 atom stereocenters. The van der Waals surface area contributed by atoms with Gasteiger partial charge in [0.1, 0.15) is 17.0 Å². The zero-order valence-electron chi connectivity index (χ0n) is 22.1. The van der Waals surface area contributed by atoms with Crippen LogP contribution in [0.4, 0.5) is 5.69 Å². The lowest BCUT2D eigenvalue weighted by molar-refractivity contribution is -0.152. The quantitative estimate of drug-likeness (QED) is 0.343. The summed E-state index contributed by atoms with van der Waals surface area (Å²) in [5.41, 5.74) is 5.92. The highest BCUT2D eigenvalue weighted by atomic mass is 32.1. The minimum atomic E-state index is -1.06. The molecule has 2 fully saturated rings. The summed E-state index contributed by atoms with van der Waals surface area (Å²) in [5.74, 6) is 5.07. The Morgan fingerprint density at radius 3 is 2.31 bits per heavy atom. The molecule has 0 spiro atoms. The smallest absolute Gasteiger partial charge is 0.348 e. The molecule has 2 aliphatic rings. The molecule has 1 aromatic rings. The van der Waals surface area contributed by atoms with Crippen LogP contribution in [0.15, 0.2) is 6.07 Å². The van der Waals surface area contributed by atoms with E-state index in [-0.39, 0.29) is 39.6 Å². The second kappa shape index (κ2) is 11.4. The summed E-state index contributed by atoms with van der Waals surface area (Å²) in [7, 11) is 0. The molecule has 1 aromatic heterocycles. The molecule has 8 heteroatoms. The number of rotatable bonds is 6. The number of ether oxygens (including phenoxy) is 1. The molecule has 0 aliphatic heterocycles. The summed E-state index contributed by atoms with van der Waals surface area (Å²) in [6.07, 6.45) is 7.18. The third-order valence-corrected chi connectivity index (χ3v) is 8.60. The number of carboxylic acids is 1. The van der Waals surface area contributed by atoms with Crippen LogP contribution in [0.25, 0.3) is 0 Å². The van der Waals surface area contributed by atoms with Crippen LogP contribution < -0.4 is 11.1 Å². The topological polar surface area (TPSA) is 119 Å². The number of aromatic carboxylic acids is 1. The van der Waals surface area contributed by atoms with Crippen LogP contribution in [0.5, 0.6) is 0 Å². The van der Waals surface area contributed by atoms with Gasteiger partial charge in [0, 0.05) is 11.3 Å². The Kier molecular flexibility index (Phi) is 8.89. The van der Waals surface area contributed by atoms with E-state index in [1.807, 2.05) is 20.8 Å². The second-order valence-electron chi connectivity index (χ2n) is 11.8. The number of carboxylic acid groups (broad SMARTS) is 1. The normalized spacial score (nSPS) is 27.3. The second-order valence-corrected chi connectivity index (χ2v) is 12.8. The molecule has 1 heterocycles. The number of anilines is 1. The third-order valence-electron chi connectivity index (χ3n) is 7.56. The van der Waals surface area contributed by atoms with Crippen molar-refractivity contribution < 1.29 is 24.2 Å². The van der Waals surface area contributed by atoms with E-state index in [0.29, 0.717) is 16.5 Å². The summed E-state index contributed by atoms with van der Waals surface area (Å²) < 4.78 is 5.52. The predicted molar refractivity (Wildman–Crippen MR) is 142 cm³/mol. The SMILES string of the molecule is C[C@H](N)C(=O)OC1CCC(C2(C)CCC(C(=O)Nc3cc(C#CC(C)(C)C)sc3C(=O)O)CC2)CC1. The standard InChI is InChI=1S/C28H40N2O5S/c1-17(29)26(34)35-20-8-6-19(7-9-20)28(5)14-10-18(11-15-28)24(31)30-22-16-21(12-13-27(2,3)4)36-23(22)25(32)33/h16-20H,6-11,14-15,29H2,1-5H3,(H,30,31)(H,32,33)/t17-,18?,19?,20?,28?/m0/s1. The van der Waals surface area contributed by atoms with E-state index in [1.54, 1.807) is 13.0 Å². The van der Waals surface area contributed by atoms with Crippen molar-refractivity contribution in [2.75, 3.05) is 5.32 Å². The molecule has 1 amide bonds. The van der Waals surface area contributed by atoms with Gasteiger partial charge in [-0.05, 0) is 96.5 Å². The van der Waals surface area contributed by atoms with Crippen LogP contribution in [0.3, 0.4) is 0 Å². The first kappa shape index (κ1) is 28.2. The maximum atomic E-state index is 13.1. The molecule has 2 saturated carbocycles. The van der Waals surface area contributed by atoms with E-state index in [9.17, 15) is 19.5 Å². The molecular weight excluding hydrogens is 476 g/mol. The van der Waals surface area contributed by atoms with E-state index in [1.165, 1.54) is 0 Å². The largest absolute Gasteiger partial charge is 0.477 e. The van der Waals surface area contributed by atoms with Crippen molar-refractivity contribution in [2.24, 2.45) is 28.4 Å². The van der Waals surface area contributed by atoms with Crippen LogP contribution in [-0.2, 0) is 14.3 Å². The van der Waals surface area contributed by atoms with Gasteiger partial charge in [-0.3, -0.25) is 9.59 Å². The number of carbonyl (C=O) groups excluding carboxylic acids is 2. The molecule has 7 nitrogen and oxygen atoms in total. The van der Waals surface area contributed by atoms with Gasteiger partial charge < -0.3 is 20.9 Å². The fourth-order valence-electron chi connectivity index (χ4n) is 5.29. The molecule has 0 saturated heterocycles. The molecule has 36 heavy (non-hydrogen) atoms. The van der Waals surface area contributed by atoms with Crippen molar-refractivity contribution in [1.29, 1.82) is 0 Å². The maximum absolute atomic E-state index is 13.1. The molecular formula is C28H40N2O5S. The summed E-state index contributed by atoms with van der Waals surface area (Å²) in [4.78, 5) is 37.4. The van der Waals surface area contributed by atoms with Gasteiger partial charge in [0.2, 0.25) is 5.91 Å². The van der Waals surface area contributed by atoms with Gasteiger partial charge in [0.15, 0.2) is 0 Å². The van der Waals surface area contributed by atoms with Crippen molar-refractivity contribution in [2.45, 2.75) is 98.1 Å². The van der Waals surface area contributed by atoms with Crippen molar-refractivity contribution in [3.63, 3.8) is 0 Å². The van der Waals surface area contributed by atoms with Crippen LogP contribution in [0.1, 0.15) is 101 Å². The van der Waals surface area contributed by atoms with E-state index in [2.05, 4.69) is 24.1 Å². The van der Waals surface area contributed by atoms with Crippen LogP contribution in [0.2, 0.25) is 0 Å². The molecule has 0 unspecified atom stereocenters. The summed E-state index contributed by atoms with van der Waals surface area (Å²) >= 11 is 1.09. The highest BCUT2D eigenvalue weighted by Gasteiger charge is 2.41. The van der Waals surface area contributed by atoms with Crippen LogP contribution >= 0.6 is 11.3 Å². The number of thiophene rings is 1. The Balaban J connectivity index is 1.56. The zero-order chi connectivity index (χ0) is 26.7. The number of amides is 1. The van der Waals surface area contributed by atoms with Crippen LogP contribution in [0, 0.1) is 34.5 Å². The monoisotopic (exact) mass is 516 g/mol. The van der Waals surface area contributed by atoms with Crippen LogP contribution in [-0.4, -0.2) is 35.1 Å². The molecule has 0 radical (unpaired) electrons. The first-order chi connectivity index (χ1) is 16.8. The number of esters is 1. The average Bonchev–Trinajstić information content (AvgIpc) is 3.21. The number of carbonyl (C=O) groups is 3. The Bertz CT molecular complexity index is 1030. The molecule has 3 rings (SSSR count). The number of nitrogens with one attached hydrogen (secondary N) is 1. The van der Waals surface area contributed by atoms with E-state index >= 15 is 0 Å². The van der Waals surface area contributed by atoms with Gasteiger partial charge in [-0.25, -0.2) is 4.79 Å². The van der Waals surface area contributed by atoms with Crippen molar-refractivity contribution >= 4 is 34.9 Å². The first-order valence-electron chi connectivity index (χ1n) is 12.9. The Labute approximate surface area is 218 Å². The highest BCUT2D eigenvalue weighted by Crippen LogP contribution is 2.49. The van der Waals surface area contributed by atoms with E-state index < -0.39 is 12.0 Å². The van der Waals surface area contributed by atoms with E-state index in [4.69, 9.17) is 10.5 Å². The predicted octanol–water partition coefficient (Wildman–Crippen LogP) is 5.43. The summed E-state index contributed by atoms with van der Waals surface area (Å²) in [6, 6.07) is 1.08. The van der Waals surface area contributed by atoms with E-state index in [0.717, 1.165) is 62.7 Å². The minimum Gasteiger partial charge on any atom is -0.477 e. The van der Waals surface area contributed by atoms with Gasteiger partial charge in [0.25, 0.3) is 0 Å². The lowest BCUT2D eigenvalue weighted by Crippen LogP contribution is -2.39. The van der Waals surface area contributed by atoms with Crippen molar-refractivity contribution in [3.05, 3.63) is 15.8 Å². The molecule has 0 aromatic carbocycles. The molecule has 198 valence electrons. The van der Waals surface area contributed by atoms with Gasteiger partial charge >= 0.3 is 11.9 Å². The Morgan fingerprint density at radius 1 is 1.17 bits per heavy atom. The molecule has 0 bridgehead atoms. The highest BCUT2D eigenvalue weighted by molar-refractivity contribution is 7.15. The summed E-state index contributed by atoms with van der Waals surface area (Å²) in [6.45, 7) is 9.95. The fourth-order valence-corrected chi connectivity index (χ4v) is 6.09. The summed E-state index contributed by atoms with van der Waals surface area (Å²) in [5, 5.41) is 12.5. The zero-order valence-corrected chi connectivity index (χ0v) is 22.9. The van der Waals surface area contributed by atoms with Crippen molar-refractivity contribution in [3.8, 4) is 11.8 Å². The van der Waals surface area contributed by atoms with Gasteiger partial charge in [-0.1, -0.05) is 18.8 Å². The van der Waals surface area contributed by atoms with Gasteiger partial charge in [0.05, 0.1) is 10.6 Å². The van der Waals surface area contributed by atoms with Crippen molar-refractivity contribution in [1.82, 2.24) is 0 Å². The lowest BCUT2D eigenvalue weighted by atomic mass is 9.61. The number of nitrogens with two attached hydrogens (primary N) is 1.